The van der Waals surface area contributed by atoms with Gasteiger partial charge in [-0.2, -0.15) is 0 Å². The molecule has 0 aliphatic carbocycles. The summed E-state index contributed by atoms with van der Waals surface area (Å²) in [6, 6.07) is 0. The first-order chi connectivity index (χ1) is 8.38. The van der Waals surface area contributed by atoms with Crippen LogP contribution >= 0.6 is 0 Å². The van der Waals surface area contributed by atoms with E-state index in [9.17, 15) is 14.4 Å². The topological polar surface area (TPSA) is 66.9 Å². The second-order valence-electron chi connectivity index (χ2n) is 4.17. The quantitative estimate of drug-likeness (QED) is 0.517. The fourth-order valence-electron chi connectivity index (χ4n) is 0.983. The first-order valence-electron chi connectivity index (χ1n) is 5.59. The molecule has 0 N–H and O–H groups in total. The van der Waals surface area contributed by atoms with Crippen molar-refractivity contribution in [3.8, 4) is 0 Å². The molecule has 102 valence electrons. The molecule has 1 atom stereocenters. The Morgan fingerprint density at radius 3 is 2.22 bits per heavy atom. The lowest BCUT2D eigenvalue weighted by Gasteiger charge is -2.15. The summed E-state index contributed by atoms with van der Waals surface area (Å²) in [5.41, 5.74) is 0. The SMILES string of the molecule is CN(C)C(=O)C=CCCC(C=O)OC(=O)N(C)C. The maximum absolute atomic E-state index is 11.2. The van der Waals surface area contributed by atoms with Crippen molar-refractivity contribution in [2.45, 2.75) is 18.9 Å². The minimum atomic E-state index is -0.779. The third kappa shape index (κ3) is 6.67. The van der Waals surface area contributed by atoms with E-state index >= 15 is 0 Å². The average Bonchev–Trinajstić information content (AvgIpc) is 2.31. The summed E-state index contributed by atoms with van der Waals surface area (Å²) in [6.45, 7) is 0. The van der Waals surface area contributed by atoms with E-state index in [2.05, 4.69) is 0 Å². The van der Waals surface area contributed by atoms with Crippen molar-refractivity contribution in [3.05, 3.63) is 12.2 Å². The Morgan fingerprint density at radius 1 is 1.17 bits per heavy atom. The van der Waals surface area contributed by atoms with Gasteiger partial charge < -0.3 is 14.5 Å². The van der Waals surface area contributed by atoms with Gasteiger partial charge >= 0.3 is 6.09 Å². The lowest BCUT2D eigenvalue weighted by atomic mass is 10.2. The highest BCUT2D eigenvalue weighted by Crippen LogP contribution is 2.03. The van der Waals surface area contributed by atoms with Crippen LogP contribution in [-0.2, 0) is 14.3 Å². The van der Waals surface area contributed by atoms with Gasteiger partial charge in [0.25, 0.3) is 0 Å². The minimum Gasteiger partial charge on any atom is -0.438 e. The van der Waals surface area contributed by atoms with Crippen LogP contribution in [0.15, 0.2) is 12.2 Å². The molecule has 0 saturated heterocycles. The van der Waals surface area contributed by atoms with Crippen molar-refractivity contribution in [1.29, 1.82) is 0 Å². The maximum Gasteiger partial charge on any atom is 0.409 e. The summed E-state index contributed by atoms with van der Waals surface area (Å²) in [7, 11) is 6.39. The number of allylic oxidation sites excluding steroid dienone is 1. The molecule has 6 nitrogen and oxygen atoms in total. The molecule has 0 saturated carbocycles. The number of carbonyl (C=O) groups excluding carboxylic acids is 3. The van der Waals surface area contributed by atoms with Crippen LogP contribution < -0.4 is 0 Å². The molecule has 1 unspecified atom stereocenters. The van der Waals surface area contributed by atoms with Crippen molar-refractivity contribution in [2.24, 2.45) is 0 Å². The summed E-state index contributed by atoms with van der Waals surface area (Å²) in [4.78, 5) is 35.8. The Balaban J connectivity index is 4.06. The highest BCUT2D eigenvalue weighted by Gasteiger charge is 2.13. The zero-order valence-electron chi connectivity index (χ0n) is 11.3. The Kier molecular flexibility index (Phi) is 7.42. The van der Waals surface area contributed by atoms with Gasteiger partial charge in [0.15, 0.2) is 12.4 Å². The predicted octanol–water partition coefficient (Wildman–Crippen LogP) is 0.677. The zero-order valence-corrected chi connectivity index (χ0v) is 11.3. The van der Waals surface area contributed by atoms with E-state index in [1.165, 1.54) is 15.9 Å². The van der Waals surface area contributed by atoms with E-state index in [1.807, 2.05) is 0 Å². The largest absolute Gasteiger partial charge is 0.438 e. The molecule has 0 fully saturated rings. The van der Waals surface area contributed by atoms with Crippen molar-refractivity contribution in [2.75, 3.05) is 28.2 Å². The van der Waals surface area contributed by atoms with E-state index < -0.39 is 12.2 Å². The number of rotatable bonds is 6. The molecule has 0 aliphatic rings. The van der Waals surface area contributed by atoms with Crippen LogP contribution in [0.3, 0.4) is 0 Å². The van der Waals surface area contributed by atoms with Crippen LogP contribution in [0.1, 0.15) is 12.8 Å². The lowest BCUT2D eigenvalue weighted by Crippen LogP contribution is -2.28. The van der Waals surface area contributed by atoms with Crippen molar-refractivity contribution in [1.82, 2.24) is 9.80 Å². The summed E-state index contributed by atoms with van der Waals surface area (Å²) < 4.78 is 4.91. The molecule has 0 radical (unpaired) electrons. The molecular weight excluding hydrogens is 236 g/mol. The lowest BCUT2D eigenvalue weighted by molar-refractivity contribution is -0.123. The van der Waals surface area contributed by atoms with Crippen LogP contribution in [0.25, 0.3) is 0 Å². The number of amides is 2. The number of hydrogen-bond donors (Lipinski definition) is 0. The molecule has 0 heterocycles. The zero-order chi connectivity index (χ0) is 14.1. The van der Waals surface area contributed by atoms with E-state index in [0.29, 0.717) is 19.1 Å². The van der Waals surface area contributed by atoms with E-state index in [1.54, 1.807) is 34.3 Å². The molecule has 0 spiro atoms. The van der Waals surface area contributed by atoms with E-state index in [4.69, 9.17) is 4.74 Å². The highest BCUT2D eigenvalue weighted by atomic mass is 16.6. The van der Waals surface area contributed by atoms with Gasteiger partial charge in [-0.3, -0.25) is 9.59 Å². The van der Waals surface area contributed by atoms with Crippen LogP contribution in [0.2, 0.25) is 0 Å². The third-order valence-corrected chi connectivity index (χ3v) is 2.09. The van der Waals surface area contributed by atoms with Gasteiger partial charge in [0.2, 0.25) is 5.91 Å². The monoisotopic (exact) mass is 256 g/mol. The molecule has 18 heavy (non-hydrogen) atoms. The standard InChI is InChI=1S/C12H20N2O4/c1-13(2)11(16)8-6-5-7-10(9-15)18-12(17)14(3)4/h6,8-10H,5,7H2,1-4H3. The van der Waals surface area contributed by atoms with Crippen molar-refractivity contribution < 1.29 is 19.1 Å². The van der Waals surface area contributed by atoms with Crippen LogP contribution in [0, 0.1) is 0 Å². The summed E-state index contributed by atoms with van der Waals surface area (Å²) >= 11 is 0. The molecular formula is C12H20N2O4. The Hall–Kier alpha value is -1.85. The number of likely N-dealkylation sites (N-methyl/N-ethyl adjacent to an activating group) is 1. The molecule has 0 aromatic heterocycles. The van der Waals surface area contributed by atoms with Gasteiger partial charge in [0.05, 0.1) is 0 Å². The molecule has 0 aliphatic heterocycles. The second kappa shape index (κ2) is 8.27. The average molecular weight is 256 g/mol. The van der Waals surface area contributed by atoms with E-state index in [0.717, 1.165) is 0 Å². The van der Waals surface area contributed by atoms with Gasteiger partial charge in [-0.25, -0.2) is 4.79 Å². The molecule has 0 aromatic carbocycles. The molecule has 0 aromatic rings. The van der Waals surface area contributed by atoms with Crippen LogP contribution in [0.4, 0.5) is 4.79 Å². The van der Waals surface area contributed by atoms with Gasteiger partial charge in [0.1, 0.15) is 0 Å². The van der Waals surface area contributed by atoms with Crippen LogP contribution in [-0.4, -0.2) is 62.4 Å². The third-order valence-electron chi connectivity index (χ3n) is 2.09. The number of carbonyl (C=O) groups is 3. The summed E-state index contributed by atoms with van der Waals surface area (Å²) in [5.74, 6) is -0.122. The first kappa shape index (κ1) is 16.1. The molecule has 0 bridgehead atoms. The summed E-state index contributed by atoms with van der Waals surface area (Å²) in [5, 5.41) is 0. The predicted molar refractivity (Wildman–Crippen MR) is 67.1 cm³/mol. The second-order valence-corrected chi connectivity index (χ2v) is 4.17. The number of ether oxygens (including phenoxy) is 1. The first-order valence-corrected chi connectivity index (χ1v) is 5.59. The van der Waals surface area contributed by atoms with Crippen molar-refractivity contribution in [3.63, 3.8) is 0 Å². The molecule has 2 amide bonds. The number of aldehydes is 1. The fourth-order valence-corrected chi connectivity index (χ4v) is 0.983. The van der Waals surface area contributed by atoms with Gasteiger partial charge in [-0.05, 0) is 18.9 Å². The Bertz CT molecular complexity index is 324. The molecule has 6 heteroatoms. The maximum atomic E-state index is 11.2. The highest BCUT2D eigenvalue weighted by molar-refractivity contribution is 5.87. The Morgan fingerprint density at radius 2 is 1.78 bits per heavy atom. The fraction of sp³-hybridized carbons (Fsp3) is 0.583. The number of nitrogens with zero attached hydrogens (tertiary/aromatic N) is 2. The smallest absolute Gasteiger partial charge is 0.409 e. The Labute approximate surface area is 107 Å². The van der Waals surface area contributed by atoms with Gasteiger partial charge in [0, 0.05) is 28.2 Å². The minimum absolute atomic E-state index is 0.122. The number of hydrogen-bond acceptors (Lipinski definition) is 4. The van der Waals surface area contributed by atoms with Crippen molar-refractivity contribution >= 4 is 18.3 Å². The van der Waals surface area contributed by atoms with Gasteiger partial charge in [-0.1, -0.05) is 6.08 Å². The van der Waals surface area contributed by atoms with Gasteiger partial charge in [-0.15, -0.1) is 0 Å². The molecule has 0 rings (SSSR count). The van der Waals surface area contributed by atoms with Crippen LogP contribution in [0.5, 0.6) is 0 Å². The summed E-state index contributed by atoms with van der Waals surface area (Å²) in [6.07, 6.45) is 3.18. The van der Waals surface area contributed by atoms with E-state index in [-0.39, 0.29) is 5.91 Å². The normalized spacial score (nSPS) is 12.0.